The second-order valence-corrected chi connectivity index (χ2v) is 9.85. The van der Waals surface area contributed by atoms with Gasteiger partial charge in [0, 0.05) is 43.9 Å². The van der Waals surface area contributed by atoms with Crippen molar-refractivity contribution in [2.24, 2.45) is 10.8 Å². The molecule has 1 saturated heterocycles. The van der Waals surface area contributed by atoms with Crippen LogP contribution >= 0.6 is 0 Å². The Kier molecular flexibility index (Phi) is 5.81. The van der Waals surface area contributed by atoms with Crippen LogP contribution in [0.15, 0.2) is 30.3 Å². The summed E-state index contributed by atoms with van der Waals surface area (Å²) < 4.78 is 0. The van der Waals surface area contributed by atoms with E-state index >= 15 is 0 Å². The maximum atomic E-state index is 11.8. The van der Waals surface area contributed by atoms with Crippen LogP contribution in [0.5, 0.6) is 0 Å². The van der Waals surface area contributed by atoms with Gasteiger partial charge in [0.15, 0.2) is 0 Å². The van der Waals surface area contributed by atoms with Gasteiger partial charge in [-0.15, -0.1) is 0 Å². The van der Waals surface area contributed by atoms with E-state index < -0.39 is 0 Å². The van der Waals surface area contributed by atoms with Crippen molar-refractivity contribution in [2.75, 3.05) is 37.6 Å². The lowest BCUT2D eigenvalue weighted by Crippen LogP contribution is -2.48. The fourth-order valence-electron chi connectivity index (χ4n) is 5.09. The van der Waals surface area contributed by atoms with E-state index in [9.17, 15) is 4.79 Å². The third-order valence-corrected chi connectivity index (χ3v) is 5.93. The van der Waals surface area contributed by atoms with E-state index in [0.717, 1.165) is 32.6 Å². The van der Waals surface area contributed by atoms with Crippen molar-refractivity contribution in [3.05, 3.63) is 35.9 Å². The number of allylic oxidation sites excluding steroid dienone is 2. The van der Waals surface area contributed by atoms with Crippen LogP contribution in [0.25, 0.3) is 5.57 Å². The minimum Gasteiger partial charge on any atom is -0.368 e. The molecular formula is C24H36N2O. The Bertz CT molecular complexity index is 709. The smallest absolute Gasteiger partial charge is 0.146 e. The third kappa shape index (κ3) is 5.01. The first-order chi connectivity index (χ1) is 12.7. The minimum absolute atomic E-state index is 0.239. The molecule has 1 aliphatic heterocycles. The highest BCUT2D eigenvalue weighted by atomic mass is 16.1. The zero-order valence-electron chi connectivity index (χ0n) is 17.8. The van der Waals surface area contributed by atoms with Crippen molar-refractivity contribution in [1.82, 2.24) is 4.90 Å². The topological polar surface area (TPSA) is 23.6 Å². The van der Waals surface area contributed by atoms with Crippen molar-refractivity contribution in [3.63, 3.8) is 0 Å². The van der Waals surface area contributed by atoms with Gasteiger partial charge in [-0.3, -0.25) is 9.69 Å². The molecule has 2 aliphatic rings. The molecule has 3 heteroatoms. The van der Waals surface area contributed by atoms with E-state index in [1.165, 1.54) is 23.2 Å². The fraction of sp³-hybridized carbons (Fsp3) is 0.625. The molecule has 148 valence electrons. The van der Waals surface area contributed by atoms with Gasteiger partial charge in [-0.25, -0.2) is 0 Å². The second kappa shape index (κ2) is 7.79. The van der Waals surface area contributed by atoms with Crippen LogP contribution in [0, 0.1) is 10.8 Å². The molecule has 0 N–H and O–H groups in total. The summed E-state index contributed by atoms with van der Waals surface area (Å²) in [6.07, 6.45) is 5.52. The van der Waals surface area contributed by atoms with Crippen molar-refractivity contribution >= 4 is 17.0 Å². The largest absolute Gasteiger partial charge is 0.368 e. The first-order valence-electron chi connectivity index (χ1n) is 10.5. The number of ketones is 1. The van der Waals surface area contributed by atoms with Gasteiger partial charge in [0.2, 0.25) is 0 Å². The van der Waals surface area contributed by atoms with Crippen LogP contribution in [0.1, 0.15) is 59.4 Å². The summed E-state index contributed by atoms with van der Waals surface area (Å²) in [5.74, 6) is 0.348. The number of benzene rings is 1. The van der Waals surface area contributed by atoms with Crippen molar-refractivity contribution in [1.29, 1.82) is 0 Å². The summed E-state index contributed by atoms with van der Waals surface area (Å²) >= 11 is 0. The average molecular weight is 369 g/mol. The fourth-order valence-corrected chi connectivity index (χ4v) is 5.09. The molecule has 0 radical (unpaired) electrons. The highest BCUT2D eigenvalue weighted by Crippen LogP contribution is 2.48. The predicted molar refractivity (Wildman–Crippen MR) is 115 cm³/mol. The molecule has 0 bridgehead atoms. The predicted octanol–water partition coefficient (Wildman–Crippen LogP) is 5.02. The molecule has 1 aliphatic carbocycles. The molecule has 27 heavy (non-hydrogen) atoms. The number of carbonyl (C=O) groups is 1. The van der Waals surface area contributed by atoms with Gasteiger partial charge in [-0.05, 0) is 35.3 Å². The number of nitrogens with zero attached hydrogens (tertiary/aromatic N) is 2. The van der Waals surface area contributed by atoms with Gasteiger partial charge >= 0.3 is 0 Å². The Morgan fingerprint density at radius 1 is 1.04 bits per heavy atom. The number of Topliss-reactive ketones (excluding diaryl/α,β-unsaturated/α-hetero) is 1. The quantitative estimate of drug-likeness (QED) is 0.729. The number of para-hydroxylation sites is 1. The van der Waals surface area contributed by atoms with Crippen LogP contribution < -0.4 is 4.90 Å². The first-order valence-corrected chi connectivity index (χ1v) is 10.5. The van der Waals surface area contributed by atoms with Gasteiger partial charge in [-0.2, -0.15) is 0 Å². The lowest BCUT2D eigenvalue weighted by Gasteiger charge is -2.41. The number of hydrogen-bond acceptors (Lipinski definition) is 3. The Morgan fingerprint density at radius 3 is 2.33 bits per heavy atom. The second-order valence-electron chi connectivity index (χ2n) is 9.85. The molecule has 1 fully saturated rings. The van der Waals surface area contributed by atoms with E-state index in [1.54, 1.807) is 0 Å². The Balaban J connectivity index is 1.80. The number of carbonyl (C=O) groups excluding carboxylic acids is 1. The molecule has 0 saturated carbocycles. The normalized spacial score (nSPS) is 22.4. The molecule has 0 atom stereocenters. The maximum Gasteiger partial charge on any atom is 0.146 e. The highest BCUT2D eigenvalue weighted by molar-refractivity contribution is 5.80. The van der Waals surface area contributed by atoms with Crippen molar-refractivity contribution < 1.29 is 4.79 Å². The SMILES string of the molecule is CCC(=O)CN1CCN(c2ccccc2C2=CC(C)(C)CC(C)(C)C2)CC1. The molecule has 1 aromatic carbocycles. The molecule has 1 aromatic rings. The number of hydrogen-bond donors (Lipinski definition) is 0. The Labute approximate surface area is 165 Å². The van der Waals surface area contributed by atoms with Crippen LogP contribution in [-0.4, -0.2) is 43.4 Å². The lowest BCUT2D eigenvalue weighted by atomic mass is 9.65. The monoisotopic (exact) mass is 368 g/mol. The Hall–Kier alpha value is -1.61. The van der Waals surface area contributed by atoms with Crippen LogP contribution in [0.3, 0.4) is 0 Å². The van der Waals surface area contributed by atoms with Gasteiger partial charge in [0.25, 0.3) is 0 Å². The van der Waals surface area contributed by atoms with E-state index in [1.807, 2.05) is 6.92 Å². The number of piperazine rings is 1. The zero-order valence-corrected chi connectivity index (χ0v) is 17.8. The van der Waals surface area contributed by atoms with Gasteiger partial charge in [0.1, 0.15) is 5.78 Å². The van der Waals surface area contributed by atoms with Crippen LogP contribution in [0.2, 0.25) is 0 Å². The summed E-state index contributed by atoms with van der Waals surface area (Å²) in [7, 11) is 0. The van der Waals surface area contributed by atoms with E-state index in [2.05, 4.69) is 67.8 Å². The molecule has 0 amide bonds. The van der Waals surface area contributed by atoms with Crippen LogP contribution in [-0.2, 0) is 4.79 Å². The number of anilines is 1. The summed E-state index contributed by atoms with van der Waals surface area (Å²) in [6, 6.07) is 8.90. The lowest BCUT2D eigenvalue weighted by molar-refractivity contribution is -0.119. The van der Waals surface area contributed by atoms with Gasteiger partial charge in [0.05, 0.1) is 6.54 Å². The first kappa shape index (κ1) is 20.1. The van der Waals surface area contributed by atoms with Crippen molar-refractivity contribution in [3.8, 4) is 0 Å². The molecule has 0 spiro atoms. The molecule has 0 aromatic heterocycles. The molecule has 3 rings (SSSR count). The van der Waals surface area contributed by atoms with E-state index in [4.69, 9.17) is 0 Å². The van der Waals surface area contributed by atoms with E-state index in [-0.39, 0.29) is 5.41 Å². The van der Waals surface area contributed by atoms with Gasteiger partial charge in [-0.1, -0.05) is 58.9 Å². The van der Waals surface area contributed by atoms with Gasteiger partial charge < -0.3 is 4.90 Å². The summed E-state index contributed by atoms with van der Waals surface area (Å²) in [4.78, 5) is 16.6. The Morgan fingerprint density at radius 2 is 1.70 bits per heavy atom. The minimum atomic E-state index is 0.239. The maximum absolute atomic E-state index is 11.8. The molecular weight excluding hydrogens is 332 g/mol. The zero-order chi connectivity index (χ0) is 19.7. The average Bonchev–Trinajstić information content (AvgIpc) is 2.59. The van der Waals surface area contributed by atoms with Crippen LogP contribution in [0.4, 0.5) is 5.69 Å². The molecule has 0 unspecified atom stereocenters. The highest BCUT2D eigenvalue weighted by Gasteiger charge is 2.34. The summed E-state index contributed by atoms with van der Waals surface area (Å²) in [6.45, 7) is 16.0. The summed E-state index contributed by atoms with van der Waals surface area (Å²) in [5, 5.41) is 0. The molecule has 1 heterocycles. The standard InChI is InChI=1S/C24H36N2O/c1-6-20(27)17-25-11-13-26(14-12-25)22-10-8-7-9-21(22)19-15-23(2,3)18-24(4,5)16-19/h7-10,15H,6,11-14,16-18H2,1-5H3. The van der Waals surface area contributed by atoms with E-state index in [0.29, 0.717) is 24.2 Å². The number of rotatable bonds is 5. The van der Waals surface area contributed by atoms with Crippen molar-refractivity contribution in [2.45, 2.75) is 53.9 Å². The molecule has 3 nitrogen and oxygen atoms in total. The summed E-state index contributed by atoms with van der Waals surface area (Å²) in [5.41, 5.74) is 4.83. The third-order valence-electron chi connectivity index (χ3n) is 5.93.